The van der Waals surface area contributed by atoms with Crippen LogP contribution in [0.5, 0.6) is 5.75 Å². The first-order chi connectivity index (χ1) is 13.1. The second-order valence-electron chi connectivity index (χ2n) is 7.86. The molecule has 5 rings (SSSR count). The highest BCUT2D eigenvalue weighted by Crippen LogP contribution is 2.52. The molecule has 2 N–H and O–H groups in total. The molecule has 2 bridgehead atoms. The Morgan fingerprint density at radius 3 is 3.00 bits per heavy atom. The van der Waals surface area contributed by atoms with Gasteiger partial charge < -0.3 is 20.1 Å². The number of hydrogen-bond acceptors (Lipinski definition) is 4. The van der Waals surface area contributed by atoms with Crippen LogP contribution < -0.4 is 15.4 Å². The lowest BCUT2D eigenvalue weighted by molar-refractivity contribution is -0.146. The molecule has 0 saturated heterocycles. The molecule has 1 aromatic rings. The zero-order valence-electron chi connectivity index (χ0n) is 15.8. The van der Waals surface area contributed by atoms with Crippen LogP contribution in [0.2, 0.25) is 0 Å². The molecule has 1 aromatic carbocycles. The Hall–Kier alpha value is -2.08. The van der Waals surface area contributed by atoms with E-state index in [4.69, 9.17) is 9.47 Å². The number of ether oxygens (including phenoxy) is 2. The fraction of sp³-hybridized carbons (Fsp3) is 0.619. The average molecular weight is 372 g/mol. The van der Waals surface area contributed by atoms with Crippen LogP contribution in [0.3, 0.4) is 0 Å². The van der Waals surface area contributed by atoms with Crippen LogP contribution in [0.1, 0.15) is 49.4 Å². The summed E-state index contributed by atoms with van der Waals surface area (Å²) in [5, 5.41) is 6.20. The van der Waals surface area contributed by atoms with E-state index in [2.05, 4.69) is 10.6 Å². The van der Waals surface area contributed by atoms with Crippen molar-refractivity contribution < 1.29 is 19.1 Å². The number of carbonyl (C=O) groups is 2. The van der Waals surface area contributed by atoms with Gasteiger partial charge in [-0.2, -0.15) is 0 Å². The highest BCUT2D eigenvalue weighted by atomic mass is 16.5. The summed E-state index contributed by atoms with van der Waals surface area (Å²) >= 11 is 0. The fourth-order valence-electron chi connectivity index (χ4n) is 4.94. The molecule has 4 aliphatic rings. The van der Waals surface area contributed by atoms with Gasteiger partial charge in [-0.05, 0) is 50.7 Å². The summed E-state index contributed by atoms with van der Waals surface area (Å²) < 4.78 is 11.7. The van der Waals surface area contributed by atoms with Crippen LogP contribution in [0.4, 0.5) is 0 Å². The van der Waals surface area contributed by atoms with Crippen molar-refractivity contribution in [2.45, 2.75) is 44.8 Å². The zero-order valence-corrected chi connectivity index (χ0v) is 15.8. The van der Waals surface area contributed by atoms with Crippen LogP contribution in [0, 0.1) is 17.8 Å². The Balaban J connectivity index is 1.41. The van der Waals surface area contributed by atoms with Crippen molar-refractivity contribution in [2.24, 2.45) is 17.8 Å². The van der Waals surface area contributed by atoms with E-state index in [1.54, 1.807) is 6.07 Å². The molecule has 0 radical (unpaired) electrons. The van der Waals surface area contributed by atoms with E-state index in [1.807, 2.05) is 25.1 Å². The molecule has 2 amide bonds. The zero-order chi connectivity index (χ0) is 18.9. The molecular weight excluding hydrogens is 344 g/mol. The number of amides is 2. The molecule has 0 unspecified atom stereocenters. The van der Waals surface area contributed by atoms with Gasteiger partial charge in [0, 0.05) is 38.0 Å². The van der Waals surface area contributed by atoms with Gasteiger partial charge in [0.25, 0.3) is 5.91 Å². The first-order valence-electron chi connectivity index (χ1n) is 10.1. The van der Waals surface area contributed by atoms with Crippen LogP contribution in [-0.4, -0.2) is 37.3 Å². The first-order valence-corrected chi connectivity index (χ1v) is 10.1. The summed E-state index contributed by atoms with van der Waals surface area (Å²) in [5.74, 6) is 1.15. The summed E-state index contributed by atoms with van der Waals surface area (Å²) in [6.45, 7) is 4.00. The van der Waals surface area contributed by atoms with E-state index in [0.29, 0.717) is 37.5 Å². The van der Waals surface area contributed by atoms with Crippen LogP contribution >= 0.6 is 0 Å². The Morgan fingerprint density at radius 1 is 1.37 bits per heavy atom. The third-order valence-electron chi connectivity index (χ3n) is 6.27. The topological polar surface area (TPSA) is 76.7 Å². The molecule has 4 atom stereocenters. The molecule has 146 valence electrons. The maximum absolute atomic E-state index is 12.7. The summed E-state index contributed by atoms with van der Waals surface area (Å²) in [6.07, 6.45) is 4.31. The minimum absolute atomic E-state index is 0.0131. The number of fused-ring (bicyclic) bond motifs is 3. The molecule has 3 fully saturated rings. The SMILES string of the molecule is CCOCCCNC(=O)[C@H]1C[C@H]2CC[C@H]1C[C@@]21NC(=O)c2ccccc2O1. The van der Waals surface area contributed by atoms with E-state index in [-0.39, 0.29) is 29.6 Å². The van der Waals surface area contributed by atoms with E-state index in [1.165, 1.54) is 0 Å². The number of rotatable bonds is 6. The van der Waals surface area contributed by atoms with Crippen LogP contribution in [0.25, 0.3) is 0 Å². The standard InChI is InChI=1S/C21H28N2O4/c1-2-26-11-5-10-22-19(24)17-12-15-9-8-14(17)13-21(15)23-20(25)16-6-3-4-7-18(16)27-21/h3-4,6-7,14-15,17H,2,5,8-13H2,1H3,(H,22,24)(H,23,25)/t14-,15+,17-,21-/m0/s1. The molecule has 3 aliphatic carbocycles. The Bertz CT molecular complexity index is 722. The van der Waals surface area contributed by atoms with Crippen molar-refractivity contribution in [1.82, 2.24) is 10.6 Å². The first kappa shape index (κ1) is 18.3. The molecule has 0 aromatic heterocycles. The normalized spacial score (nSPS) is 31.1. The minimum Gasteiger partial charge on any atom is -0.467 e. The van der Waals surface area contributed by atoms with Gasteiger partial charge in [0.15, 0.2) is 5.72 Å². The van der Waals surface area contributed by atoms with E-state index >= 15 is 0 Å². The summed E-state index contributed by atoms with van der Waals surface area (Å²) in [5.41, 5.74) is -0.0618. The number of para-hydroxylation sites is 1. The largest absolute Gasteiger partial charge is 0.467 e. The van der Waals surface area contributed by atoms with E-state index in [0.717, 1.165) is 25.7 Å². The monoisotopic (exact) mass is 372 g/mol. The lowest BCUT2D eigenvalue weighted by atomic mass is 9.60. The second-order valence-corrected chi connectivity index (χ2v) is 7.86. The number of carbonyl (C=O) groups excluding carboxylic acids is 2. The maximum atomic E-state index is 12.7. The molecular formula is C21H28N2O4. The predicted molar refractivity (Wildman–Crippen MR) is 100 cm³/mol. The smallest absolute Gasteiger partial charge is 0.258 e. The average Bonchev–Trinajstić information content (AvgIpc) is 2.68. The molecule has 1 aliphatic heterocycles. The third kappa shape index (κ3) is 3.43. The minimum atomic E-state index is -0.653. The quantitative estimate of drug-likeness (QED) is 0.752. The molecule has 6 heteroatoms. The van der Waals surface area contributed by atoms with Gasteiger partial charge in [0.2, 0.25) is 5.91 Å². The van der Waals surface area contributed by atoms with Gasteiger partial charge in [0.1, 0.15) is 5.75 Å². The van der Waals surface area contributed by atoms with Crippen molar-refractivity contribution in [3.63, 3.8) is 0 Å². The fourth-order valence-corrected chi connectivity index (χ4v) is 4.94. The Morgan fingerprint density at radius 2 is 2.22 bits per heavy atom. The van der Waals surface area contributed by atoms with E-state index in [9.17, 15) is 9.59 Å². The lowest BCUT2D eigenvalue weighted by Crippen LogP contribution is -2.66. The molecule has 3 saturated carbocycles. The number of hydrogen-bond donors (Lipinski definition) is 2. The van der Waals surface area contributed by atoms with Gasteiger partial charge in [0.05, 0.1) is 5.56 Å². The van der Waals surface area contributed by atoms with Gasteiger partial charge >= 0.3 is 0 Å². The number of nitrogens with one attached hydrogen (secondary N) is 2. The van der Waals surface area contributed by atoms with Crippen molar-refractivity contribution >= 4 is 11.8 Å². The molecule has 6 nitrogen and oxygen atoms in total. The van der Waals surface area contributed by atoms with E-state index < -0.39 is 5.72 Å². The predicted octanol–water partition coefficient (Wildman–Crippen LogP) is 2.48. The summed E-state index contributed by atoms with van der Waals surface area (Å²) in [4.78, 5) is 25.3. The number of benzene rings is 1. The van der Waals surface area contributed by atoms with Crippen molar-refractivity contribution in [2.75, 3.05) is 19.8 Å². The van der Waals surface area contributed by atoms with Gasteiger partial charge in [-0.15, -0.1) is 0 Å². The van der Waals surface area contributed by atoms with Gasteiger partial charge in [-0.1, -0.05) is 12.1 Å². The van der Waals surface area contributed by atoms with Crippen molar-refractivity contribution in [1.29, 1.82) is 0 Å². The highest BCUT2D eigenvalue weighted by molar-refractivity contribution is 5.98. The molecule has 1 heterocycles. The highest BCUT2D eigenvalue weighted by Gasteiger charge is 2.57. The molecule has 1 spiro atoms. The summed E-state index contributed by atoms with van der Waals surface area (Å²) in [7, 11) is 0. The second kappa shape index (κ2) is 7.50. The van der Waals surface area contributed by atoms with Gasteiger partial charge in [-0.25, -0.2) is 0 Å². The lowest BCUT2D eigenvalue weighted by Gasteiger charge is -2.55. The third-order valence-corrected chi connectivity index (χ3v) is 6.27. The van der Waals surface area contributed by atoms with Crippen LogP contribution in [-0.2, 0) is 9.53 Å². The summed E-state index contributed by atoms with van der Waals surface area (Å²) in [6, 6.07) is 7.39. The van der Waals surface area contributed by atoms with Crippen molar-refractivity contribution in [3.05, 3.63) is 29.8 Å². The Labute approximate surface area is 160 Å². The Kier molecular flexibility index (Phi) is 5.08. The van der Waals surface area contributed by atoms with Crippen LogP contribution in [0.15, 0.2) is 24.3 Å². The maximum Gasteiger partial charge on any atom is 0.258 e. The van der Waals surface area contributed by atoms with Gasteiger partial charge in [-0.3, -0.25) is 9.59 Å². The van der Waals surface area contributed by atoms with Crippen molar-refractivity contribution in [3.8, 4) is 5.75 Å². The molecule has 27 heavy (non-hydrogen) atoms.